The van der Waals surface area contributed by atoms with Crippen molar-refractivity contribution >= 4 is 40.5 Å². The number of rotatable bonds is 5. The van der Waals surface area contributed by atoms with Crippen LogP contribution in [0.3, 0.4) is 0 Å². The molecule has 154 valence electrons. The fraction of sp³-hybridized carbons (Fsp3) is 0.273. The summed E-state index contributed by atoms with van der Waals surface area (Å²) >= 11 is 12.2. The molecule has 6 nitrogen and oxygen atoms in total. The van der Waals surface area contributed by atoms with Crippen molar-refractivity contribution in [3.8, 4) is 0 Å². The highest BCUT2D eigenvalue weighted by Gasteiger charge is 2.21. The molecule has 1 aromatic heterocycles. The summed E-state index contributed by atoms with van der Waals surface area (Å²) in [5, 5.41) is 13.1. The maximum absolute atomic E-state index is 12.6. The number of aromatic nitrogens is 4. The lowest BCUT2D eigenvalue weighted by Crippen LogP contribution is -2.31. The van der Waals surface area contributed by atoms with E-state index in [-0.39, 0.29) is 12.2 Å². The number of Topliss-reactive ketones (excluding diaryl/α,β-unsaturated/α-hetero) is 1. The quantitative estimate of drug-likeness (QED) is 0.540. The number of nitrogens with zero attached hydrogens (tertiary/aromatic N) is 5. The highest BCUT2D eigenvalue weighted by atomic mass is 35.5. The van der Waals surface area contributed by atoms with Gasteiger partial charge in [0.15, 0.2) is 5.78 Å². The summed E-state index contributed by atoms with van der Waals surface area (Å²) in [6.45, 7) is 3.76. The Labute approximate surface area is 185 Å². The summed E-state index contributed by atoms with van der Waals surface area (Å²) in [6.07, 6.45) is 1.22. The Morgan fingerprint density at radius 3 is 2.60 bits per heavy atom. The monoisotopic (exact) mass is 441 g/mol. The van der Waals surface area contributed by atoms with Gasteiger partial charge in [-0.1, -0.05) is 64.2 Å². The van der Waals surface area contributed by atoms with Gasteiger partial charge in [0, 0.05) is 25.1 Å². The fourth-order valence-corrected chi connectivity index (χ4v) is 4.00. The molecule has 0 radical (unpaired) electrons. The normalized spacial score (nSPS) is 14.3. The fourth-order valence-electron chi connectivity index (χ4n) is 3.59. The average Bonchev–Trinajstić information content (AvgIpc) is 3.17. The molecule has 0 amide bonds. The van der Waals surface area contributed by atoms with Crippen LogP contribution in [-0.4, -0.2) is 39.1 Å². The van der Waals surface area contributed by atoms with E-state index in [2.05, 4.69) is 39.4 Å². The van der Waals surface area contributed by atoms with Crippen molar-refractivity contribution in [1.82, 2.24) is 20.2 Å². The minimum Gasteiger partial charge on any atom is -0.334 e. The van der Waals surface area contributed by atoms with Gasteiger partial charge in [-0.2, -0.15) is 4.80 Å². The third-order valence-corrected chi connectivity index (χ3v) is 6.14. The van der Waals surface area contributed by atoms with Crippen LogP contribution in [0.5, 0.6) is 0 Å². The summed E-state index contributed by atoms with van der Waals surface area (Å²) in [5.41, 5.74) is 5.12. The van der Waals surface area contributed by atoms with Crippen molar-refractivity contribution in [2.24, 2.45) is 7.05 Å². The maximum Gasteiger partial charge on any atom is 0.266 e. The molecule has 1 aliphatic rings. The highest BCUT2D eigenvalue weighted by Crippen LogP contribution is 2.29. The van der Waals surface area contributed by atoms with Crippen LogP contribution in [0.25, 0.3) is 5.57 Å². The largest absolute Gasteiger partial charge is 0.334 e. The first kappa shape index (κ1) is 20.6. The Kier molecular flexibility index (Phi) is 5.88. The van der Waals surface area contributed by atoms with Gasteiger partial charge in [0.1, 0.15) is 0 Å². The minimum absolute atomic E-state index is 0.0526. The molecule has 0 aliphatic carbocycles. The van der Waals surface area contributed by atoms with Gasteiger partial charge in [-0.25, -0.2) is 0 Å². The Morgan fingerprint density at radius 1 is 1.13 bits per heavy atom. The number of hydrogen-bond donors (Lipinski definition) is 0. The molecule has 2 heterocycles. The van der Waals surface area contributed by atoms with Gasteiger partial charge in [-0.3, -0.25) is 4.79 Å². The van der Waals surface area contributed by atoms with E-state index in [1.807, 2.05) is 12.1 Å². The lowest BCUT2D eigenvalue weighted by Gasteiger charge is -2.29. The van der Waals surface area contributed by atoms with E-state index in [4.69, 9.17) is 23.2 Å². The van der Waals surface area contributed by atoms with Gasteiger partial charge >= 0.3 is 0 Å². The van der Waals surface area contributed by atoms with Gasteiger partial charge in [-0.05, 0) is 47.4 Å². The smallest absolute Gasteiger partial charge is 0.266 e. The molecule has 0 fully saturated rings. The van der Waals surface area contributed by atoms with Crippen LogP contribution in [0.15, 0.2) is 48.0 Å². The number of carbonyl (C=O) groups is 1. The molecule has 0 spiro atoms. The topological polar surface area (TPSA) is 63.9 Å². The van der Waals surface area contributed by atoms with Gasteiger partial charge in [0.2, 0.25) is 0 Å². The van der Waals surface area contributed by atoms with Crippen LogP contribution < -0.4 is 4.90 Å². The molecule has 3 aromatic rings. The Bertz CT molecular complexity index is 1120. The SMILES string of the molecule is CC1=C(c2ccc(CC(=O)c3cccc(Cl)c3Cl)cc2)CN(c2nnn(C)n2)CC1. The van der Waals surface area contributed by atoms with Gasteiger partial charge in [0.05, 0.1) is 17.1 Å². The summed E-state index contributed by atoms with van der Waals surface area (Å²) in [4.78, 5) is 16.3. The van der Waals surface area contributed by atoms with E-state index in [0.717, 1.165) is 30.6 Å². The number of ketones is 1. The Hall–Kier alpha value is -2.70. The molecule has 0 unspecified atom stereocenters. The van der Waals surface area contributed by atoms with Crippen molar-refractivity contribution in [3.05, 3.63) is 74.8 Å². The van der Waals surface area contributed by atoms with E-state index in [1.54, 1.807) is 25.2 Å². The van der Waals surface area contributed by atoms with Crippen molar-refractivity contribution < 1.29 is 4.79 Å². The number of carbonyl (C=O) groups excluding carboxylic acids is 1. The predicted octanol–water partition coefficient (Wildman–Crippen LogP) is 4.63. The van der Waals surface area contributed by atoms with Crippen LogP contribution in [0.4, 0.5) is 5.95 Å². The van der Waals surface area contributed by atoms with Gasteiger partial charge in [0.25, 0.3) is 5.95 Å². The summed E-state index contributed by atoms with van der Waals surface area (Å²) in [6, 6.07) is 13.2. The lowest BCUT2D eigenvalue weighted by atomic mass is 9.93. The van der Waals surface area contributed by atoms with Crippen LogP contribution in [0.2, 0.25) is 10.0 Å². The first-order valence-electron chi connectivity index (χ1n) is 9.66. The number of halogens is 2. The van der Waals surface area contributed by atoms with Gasteiger partial charge in [-0.15, -0.1) is 5.10 Å². The van der Waals surface area contributed by atoms with E-state index < -0.39 is 0 Å². The number of tetrazole rings is 1. The molecular formula is C22H21Cl2N5O. The molecule has 8 heteroatoms. The molecule has 1 aliphatic heterocycles. The zero-order valence-electron chi connectivity index (χ0n) is 16.8. The van der Waals surface area contributed by atoms with E-state index >= 15 is 0 Å². The Balaban J connectivity index is 1.50. The second-order valence-electron chi connectivity index (χ2n) is 7.41. The second-order valence-corrected chi connectivity index (χ2v) is 8.19. The highest BCUT2D eigenvalue weighted by molar-refractivity contribution is 6.43. The van der Waals surface area contributed by atoms with Crippen molar-refractivity contribution in [2.75, 3.05) is 18.0 Å². The molecule has 0 N–H and O–H groups in total. The van der Waals surface area contributed by atoms with Crippen molar-refractivity contribution in [2.45, 2.75) is 19.8 Å². The maximum atomic E-state index is 12.6. The molecule has 30 heavy (non-hydrogen) atoms. The van der Waals surface area contributed by atoms with Crippen LogP contribution in [0, 0.1) is 0 Å². The summed E-state index contributed by atoms with van der Waals surface area (Å²) in [5.74, 6) is 0.589. The zero-order chi connectivity index (χ0) is 21.3. The first-order valence-corrected chi connectivity index (χ1v) is 10.4. The minimum atomic E-state index is -0.0526. The van der Waals surface area contributed by atoms with Crippen LogP contribution >= 0.6 is 23.2 Å². The molecule has 2 aromatic carbocycles. The van der Waals surface area contributed by atoms with E-state index in [0.29, 0.717) is 21.6 Å². The van der Waals surface area contributed by atoms with Crippen LogP contribution in [0.1, 0.15) is 34.8 Å². The number of anilines is 1. The molecule has 0 atom stereocenters. The van der Waals surface area contributed by atoms with Crippen molar-refractivity contribution in [3.63, 3.8) is 0 Å². The molecule has 0 saturated heterocycles. The van der Waals surface area contributed by atoms with Gasteiger partial charge < -0.3 is 4.90 Å². The van der Waals surface area contributed by atoms with Crippen LogP contribution in [-0.2, 0) is 13.5 Å². The summed E-state index contributed by atoms with van der Waals surface area (Å²) < 4.78 is 0. The Morgan fingerprint density at radius 2 is 1.90 bits per heavy atom. The predicted molar refractivity (Wildman–Crippen MR) is 119 cm³/mol. The number of benzene rings is 2. The molecule has 0 bridgehead atoms. The number of hydrogen-bond acceptors (Lipinski definition) is 5. The molecular weight excluding hydrogens is 421 g/mol. The van der Waals surface area contributed by atoms with Crippen molar-refractivity contribution in [1.29, 1.82) is 0 Å². The third-order valence-electron chi connectivity index (χ3n) is 5.32. The zero-order valence-corrected chi connectivity index (χ0v) is 18.3. The van der Waals surface area contributed by atoms with E-state index in [9.17, 15) is 4.79 Å². The summed E-state index contributed by atoms with van der Waals surface area (Å²) in [7, 11) is 1.76. The third kappa shape index (κ3) is 4.25. The number of aryl methyl sites for hydroxylation is 1. The first-order chi connectivity index (χ1) is 14.4. The molecule has 4 rings (SSSR count). The average molecular weight is 442 g/mol. The second kappa shape index (κ2) is 8.58. The molecule has 0 saturated carbocycles. The standard InChI is InChI=1S/C22H21Cl2N5O/c1-14-10-11-29(22-25-27-28(2)26-22)13-18(14)16-8-6-15(7-9-16)12-20(30)17-4-3-5-19(23)21(17)24/h3-9H,10-13H2,1-2H3. The van der Waals surface area contributed by atoms with E-state index in [1.165, 1.54) is 15.9 Å². The lowest BCUT2D eigenvalue weighted by molar-refractivity contribution is 0.0993.